The summed E-state index contributed by atoms with van der Waals surface area (Å²) in [6.45, 7) is 16.0. The molecule has 1 N–H and O–H groups in total. The summed E-state index contributed by atoms with van der Waals surface area (Å²) >= 11 is 0. The summed E-state index contributed by atoms with van der Waals surface area (Å²) in [5, 5.41) is 2.56. The zero-order valence-corrected chi connectivity index (χ0v) is 13.5. The average Bonchev–Trinajstić information content (AvgIpc) is 2.81. The summed E-state index contributed by atoms with van der Waals surface area (Å²) in [5.74, 6) is 0. The molecular formula is C17H30N2. The van der Waals surface area contributed by atoms with E-state index in [0.29, 0.717) is 0 Å². The van der Waals surface area contributed by atoms with Crippen molar-refractivity contribution in [2.24, 2.45) is 0 Å². The Hall–Kier alpha value is -1.28. The van der Waals surface area contributed by atoms with Crippen LogP contribution >= 0.6 is 0 Å². The highest BCUT2D eigenvalue weighted by Gasteiger charge is 2.15. The predicted molar refractivity (Wildman–Crippen MR) is 87.6 cm³/mol. The van der Waals surface area contributed by atoms with E-state index in [1.807, 2.05) is 33.8 Å². The number of likely N-dealkylation sites (N-methyl/N-ethyl adjacent to an activating group) is 1. The lowest BCUT2D eigenvalue weighted by Gasteiger charge is -2.21. The molecule has 2 rings (SSSR count). The summed E-state index contributed by atoms with van der Waals surface area (Å²) < 4.78 is 0. The van der Waals surface area contributed by atoms with E-state index in [4.69, 9.17) is 0 Å². The van der Waals surface area contributed by atoms with Crippen LogP contribution in [-0.2, 0) is 13.0 Å². The maximum absolute atomic E-state index is 3.78. The minimum Gasteiger partial charge on any atom is -0.357 e. The van der Waals surface area contributed by atoms with Crippen LogP contribution in [0, 0.1) is 0 Å². The van der Waals surface area contributed by atoms with Crippen molar-refractivity contribution in [3.63, 3.8) is 0 Å². The molecule has 19 heavy (non-hydrogen) atoms. The van der Waals surface area contributed by atoms with E-state index in [9.17, 15) is 0 Å². The van der Waals surface area contributed by atoms with Crippen molar-refractivity contribution in [2.75, 3.05) is 13.6 Å². The van der Waals surface area contributed by atoms with Crippen molar-refractivity contribution >= 4 is 12.2 Å². The van der Waals surface area contributed by atoms with Gasteiger partial charge in [-0.3, -0.25) is 0 Å². The third-order valence-electron chi connectivity index (χ3n) is 3.01. The third-order valence-corrected chi connectivity index (χ3v) is 3.01. The van der Waals surface area contributed by atoms with Crippen LogP contribution < -0.4 is 10.6 Å². The van der Waals surface area contributed by atoms with Gasteiger partial charge in [-0.05, 0) is 26.0 Å². The van der Waals surface area contributed by atoms with Gasteiger partial charge in [-0.2, -0.15) is 0 Å². The van der Waals surface area contributed by atoms with Crippen molar-refractivity contribution in [1.29, 1.82) is 0 Å². The molecule has 1 aromatic heterocycles. The Morgan fingerprint density at radius 3 is 2.37 bits per heavy atom. The number of allylic oxidation sites excluding steroid dienone is 1. The minimum absolute atomic E-state index is 1.03. The second-order valence-corrected chi connectivity index (χ2v) is 4.09. The summed E-state index contributed by atoms with van der Waals surface area (Å²) in [4.78, 5) is 5.83. The number of nitrogens with one attached hydrogen (secondary N) is 1. The fourth-order valence-electron chi connectivity index (χ4n) is 2.24. The lowest BCUT2D eigenvalue weighted by atomic mass is 10.1. The Bertz CT molecular complexity index is 480. The molecule has 0 aliphatic carbocycles. The van der Waals surface area contributed by atoms with Crippen LogP contribution in [0.4, 0.5) is 0 Å². The van der Waals surface area contributed by atoms with Crippen LogP contribution in [0.3, 0.4) is 0 Å². The van der Waals surface area contributed by atoms with Crippen LogP contribution in [0.1, 0.15) is 45.9 Å². The van der Waals surface area contributed by atoms with Crippen LogP contribution in [-0.4, -0.2) is 23.5 Å². The van der Waals surface area contributed by atoms with Crippen LogP contribution in [0.25, 0.3) is 12.2 Å². The Morgan fingerprint density at radius 2 is 1.84 bits per heavy atom. The third kappa shape index (κ3) is 4.39. The van der Waals surface area contributed by atoms with Gasteiger partial charge in [-0.15, -0.1) is 0 Å². The van der Waals surface area contributed by atoms with Gasteiger partial charge >= 0.3 is 0 Å². The fraction of sp³-hybridized carbons (Fsp3) is 0.529. The van der Waals surface area contributed by atoms with Crippen LogP contribution in [0.2, 0.25) is 0 Å². The standard InChI is InChI=1S/C13H18N2.2C2H6/c1-4-6-10-11-7-8-15(3)9-13(11)14-12(10)5-2;2*1-2/h4-6,14H,1,7-9H2,2-3H3;2*1-2H3/b10-6-,12-5+;;. The van der Waals surface area contributed by atoms with Crippen molar-refractivity contribution < 1.29 is 0 Å². The molecule has 0 saturated carbocycles. The molecular weight excluding hydrogens is 232 g/mol. The van der Waals surface area contributed by atoms with Crippen molar-refractivity contribution in [3.05, 3.63) is 34.5 Å². The van der Waals surface area contributed by atoms with E-state index in [0.717, 1.165) is 19.5 Å². The molecule has 1 aliphatic heterocycles. The van der Waals surface area contributed by atoms with E-state index in [1.165, 1.54) is 21.8 Å². The largest absolute Gasteiger partial charge is 0.357 e. The van der Waals surface area contributed by atoms with Gasteiger partial charge in [-0.25, -0.2) is 0 Å². The average molecular weight is 262 g/mol. The molecule has 0 unspecified atom stereocenters. The van der Waals surface area contributed by atoms with E-state index < -0.39 is 0 Å². The summed E-state index contributed by atoms with van der Waals surface area (Å²) in [7, 11) is 2.16. The minimum atomic E-state index is 1.03. The van der Waals surface area contributed by atoms with Gasteiger partial charge in [0.25, 0.3) is 0 Å². The Kier molecular flexibility index (Phi) is 8.98. The molecule has 0 saturated heterocycles. The lowest BCUT2D eigenvalue weighted by molar-refractivity contribution is 0.309. The Balaban J connectivity index is 0.000000741. The molecule has 0 atom stereocenters. The molecule has 1 aromatic rings. The van der Waals surface area contributed by atoms with Gasteiger partial charge in [0.2, 0.25) is 0 Å². The van der Waals surface area contributed by atoms with Crippen LogP contribution in [0.15, 0.2) is 12.7 Å². The number of hydrogen-bond acceptors (Lipinski definition) is 1. The maximum Gasteiger partial charge on any atom is 0.0415 e. The molecule has 0 amide bonds. The highest BCUT2D eigenvalue weighted by molar-refractivity contribution is 5.43. The second-order valence-electron chi connectivity index (χ2n) is 4.09. The lowest BCUT2D eigenvalue weighted by Crippen LogP contribution is -2.30. The van der Waals surface area contributed by atoms with E-state index in [1.54, 1.807) is 0 Å². The molecule has 108 valence electrons. The van der Waals surface area contributed by atoms with Crippen molar-refractivity contribution in [2.45, 2.75) is 47.6 Å². The molecule has 0 aromatic carbocycles. The topological polar surface area (TPSA) is 19.0 Å². The Morgan fingerprint density at radius 1 is 1.21 bits per heavy atom. The smallest absolute Gasteiger partial charge is 0.0415 e. The second kappa shape index (κ2) is 9.62. The van der Waals surface area contributed by atoms with E-state index in [2.05, 4.69) is 42.6 Å². The first-order chi connectivity index (χ1) is 9.26. The number of nitrogens with zero attached hydrogens (tertiary/aromatic N) is 1. The summed E-state index contributed by atoms with van der Waals surface area (Å²) in [6.07, 6.45) is 7.24. The highest BCUT2D eigenvalue weighted by atomic mass is 15.1. The molecule has 2 heterocycles. The van der Waals surface area contributed by atoms with Gasteiger partial charge in [-0.1, -0.05) is 52.5 Å². The molecule has 1 aliphatic rings. The zero-order chi connectivity index (χ0) is 14.8. The van der Waals surface area contributed by atoms with Crippen molar-refractivity contribution in [3.8, 4) is 0 Å². The molecule has 0 spiro atoms. The van der Waals surface area contributed by atoms with Gasteiger partial charge in [0.1, 0.15) is 0 Å². The summed E-state index contributed by atoms with van der Waals surface area (Å²) in [6, 6.07) is 0. The van der Waals surface area contributed by atoms with Gasteiger partial charge in [0, 0.05) is 29.4 Å². The van der Waals surface area contributed by atoms with Crippen LogP contribution in [0.5, 0.6) is 0 Å². The SMILES string of the molecule is C=C/C=c1/c2c([nH]/c1=C/C)CN(C)CC2.CC.CC. The van der Waals surface area contributed by atoms with E-state index in [-0.39, 0.29) is 0 Å². The number of H-pyrrole nitrogens is 1. The fourth-order valence-corrected chi connectivity index (χ4v) is 2.24. The first kappa shape index (κ1) is 17.7. The molecule has 2 heteroatoms. The first-order valence-electron chi connectivity index (χ1n) is 7.43. The first-order valence-corrected chi connectivity index (χ1v) is 7.43. The van der Waals surface area contributed by atoms with Crippen molar-refractivity contribution in [1.82, 2.24) is 9.88 Å². The number of aromatic nitrogens is 1. The number of hydrogen-bond donors (Lipinski definition) is 1. The quantitative estimate of drug-likeness (QED) is 0.824. The maximum atomic E-state index is 3.78. The highest BCUT2D eigenvalue weighted by Crippen LogP contribution is 2.10. The number of rotatable bonds is 1. The zero-order valence-electron chi connectivity index (χ0n) is 13.5. The summed E-state index contributed by atoms with van der Waals surface area (Å²) in [5.41, 5.74) is 2.84. The Labute approximate surface area is 118 Å². The molecule has 2 nitrogen and oxygen atoms in total. The van der Waals surface area contributed by atoms with E-state index >= 15 is 0 Å². The molecule has 0 fully saturated rings. The molecule has 0 bridgehead atoms. The molecule has 0 radical (unpaired) electrons. The van der Waals surface area contributed by atoms with Gasteiger partial charge in [0.15, 0.2) is 0 Å². The monoisotopic (exact) mass is 262 g/mol. The van der Waals surface area contributed by atoms with Gasteiger partial charge in [0.05, 0.1) is 0 Å². The number of fused-ring (bicyclic) bond motifs is 1. The normalized spacial score (nSPS) is 15.9. The van der Waals surface area contributed by atoms with Gasteiger partial charge < -0.3 is 9.88 Å². The predicted octanol–water partition coefficient (Wildman–Crippen LogP) is 2.82. The number of aromatic amines is 1.